The molecule has 1 heterocycles. The quantitative estimate of drug-likeness (QED) is 0.383. The fourth-order valence-corrected chi connectivity index (χ4v) is 5.77. The molecule has 0 N–H and O–H groups in total. The van der Waals surface area contributed by atoms with Gasteiger partial charge in [-0.3, -0.25) is 9.59 Å². The van der Waals surface area contributed by atoms with Crippen molar-refractivity contribution in [2.24, 2.45) is 23.7 Å². The van der Waals surface area contributed by atoms with Gasteiger partial charge in [-0.1, -0.05) is 72.8 Å². The molecule has 0 unspecified atom stereocenters. The number of amides is 2. The van der Waals surface area contributed by atoms with Crippen molar-refractivity contribution in [1.82, 2.24) is 0 Å². The van der Waals surface area contributed by atoms with Crippen LogP contribution in [0.15, 0.2) is 90.5 Å². The Kier molecular flexibility index (Phi) is 4.59. The van der Waals surface area contributed by atoms with Gasteiger partial charge in [0.25, 0.3) is 0 Å². The number of benzene rings is 3. The van der Waals surface area contributed by atoms with E-state index in [1.807, 2.05) is 72.8 Å². The number of carbonyl (C=O) groups excluding carboxylic acids is 2. The summed E-state index contributed by atoms with van der Waals surface area (Å²) in [5, 5.41) is 0. The van der Waals surface area contributed by atoms with Gasteiger partial charge in [-0.05, 0) is 22.3 Å². The van der Waals surface area contributed by atoms with Crippen molar-refractivity contribution < 1.29 is 22.8 Å². The maximum atomic E-state index is 14.5. The largest absolute Gasteiger partial charge is 0.274 e. The Balaban J connectivity index is 1.50. The van der Waals surface area contributed by atoms with Crippen LogP contribution in [0, 0.1) is 41.1 Å². The van der Waals surface area contributed by atoms with Crippen molar-refractivity contribution >= 4 is 23.1 Å². The molecule has 2 aliphatic carbocycles. The van der Waals surface area contributed by atoms with Crippen LogP contribution in [0.3, 0.4) is 0 Å². The zero-order valence-corrected chi connectivity index (χ0v) is 17.8. The zero-order chi connectivity index (χ0) is 23.6. The van der Waals surface area contributed by atoms with Crippen LogP contribution >= 0.6 is 0 Å². The number of anilines is 1. The summed E-state index contributed by atoms with van der Waals surface area (Å²) in [6.07, 6.45) is 3.83. The van der Waals surface area contributed by atoms with E-state index in [-0.39, 0.29) is 11.8 Å². The van der Waals surface area contributed by atoms with Crippen molar-refractivity contribution in [3.8, 4) is 0 Å². The molecule has 3 aromatic carbocycles. The van der Waals surface area contributed by atoms with Gasteiger partial charge in [0.2, 0.25) is 11.8 Å². The predicted molar refractivity (Wildman–Crippen MR) is 121 cm³/mol. The molecule has 1 saturated heterocycles. The van der Waals surface area contributed by atoms with Crippen LogP contribution < -0.4 is 4.90 Å². The van der Waals surface area contributed by atoms with Gasteiger partial charge < -0.3 is 0 Å². The normalized spacial score (nSPS) is 24.8. The molecule has 0 spiro atoms. The SMILES string of the molecule is O=C1[C@@H]2[C@@H](C(=O)N1c1c(F)cc(F)cc1F)[C@H]1C=C[C@H]2C1=C(c1ccccc1)c1ccccc1. The maximum absolute atomic E-state index is 14.5. The summed E-state index contributed by atoms with van der Waals surface area (Å²) in [6, 6.07) is 20.5. The Morgan fingerprint density at radius 1 is 0.676 bits per heavy atom. The minimum atomic E-state index is -1.27. The third kappa shape index (κ3) is 2.84. The number of carbonyl (C=O) groups is 2. The molecule has 3 aliphatic rings. The minimum absolute atomic E-state index is 0.376. The van der Waals surface area contributed by atoms with Gasteiger partial charge in [-0.2, -0.15) is 0 Å². The second-order valence-corrected chi connectivity index (χ2v) is 8.78. The van der Waals surface area contributed by atoms with Crippen LogP contribution in [-0.2, 0) is 9.59 Å². The highest BCUT2D eigenvalue weighted by atomic mass is 19.1. The van der Waals surface area contributed by atoms with Gasteiger partial charge in [0.1, 0.15) is 11.5 Å². The number of fused-ring (bicyclic) bond motifs is 5. The first-order chi connectivity index (χ1) is 16.5. The maximum Gasteiger partial charge on any atom is 0.238 e. The van der Waals surface area contributed by atoms with Crippen molar-refractivity contribution in [1.29, 1.82) is 0 Å². The van der Waals surface area contributed by atoms with Crippen molar-refractivity contribution in [2.45, 2.75) is 0 Å². The van der Waals surface area contributed by atoms with Crippen LogP contribution in [0.5, 0.6) is 0 Å². The first kappa shape index (κ1) is 20.7. The highest BCUT2D eigenvalue weighted by Crippen LogP contribution is 2.59. The fraction of sp³-hybridized carbons (Fsp3) is 0.143. The van der Waals surface area contributed by atoms with E-state index < -0.39 is 46.8 Å². The van der Waals surface area contributed by atoms with E-state index in [9.17, 15) is 22.8 Å². The molecule has 3 nitrogen and oxygen atoms in total. The Morgan fingerprint density at radius 2 is 1.12 bits per heavy atom. The van der Waals surface area contributed by atoms with Gasteiger partial charge in [-0.15, -0.1) is 0 Å². The molecule has 1 aliphatic heterocycles. The molecule has 34 heavy (non-hydrogen) atoms. The first-order valence-electron chi connectivity index (χ1n) is 11.0. The predicted octanol–water partition coefficient (Wildman–Crippen LogP) is 5.53. The van der Waals surface area contributed by atoms with E-state index in [0.29, 0.717) is 17.0 Å². The topological polar surface area (TPSA) is 37.4 Å². The van der Waals surface area contributed by atoms with E-state index in [4.69, 9.17) is 0 Å². The van der Waals surface area contributed by atoms with Gasteiger partial charge in [0, 0.05) is 24.0 Å². The molecule has 1 saturated carbocycles. The van der Waals surface area contributed by atoms with Gasteiger partial charge in [-0.25, -0.2) is 18.1 Å². The van der Waals surface area contributed by atoms with Crippen molar-refractivity contribution in [3.05, 3.63) is 119 Å². The standard InChI is InChI=1S/C28H18F3NO2/c29-17-13-20(30)26(21(31)14-17)32-27(33)24-18-11-12-19(25(24)28(32)34)23(18)22(15-7-3-1-4-8-15)16-9-5-2-6-10-16/h1-14,18-19,24-25H/t18-,19-,24-,25-/m0/s1. The van der Waals surface area contributed by atoms with E-state index in [2.05, 4.69) is 0 Å². The monoisotopic (exact) mass is 457 g/mol. The average molecular weight is 457 g/mol. The molecule has 0 radical (unpaired) electrons. The second-order valence-electron chi connectivity index (χ2n) is 8.78. The second kappa shape index (κ2) is 7.55. The number of hydrogen-bond acceptors (Lipinski definition) is 2. The van der Waals surface area contributed by atoms with E-state index in [1.165, 1.54) is 0 Å². The number of allylic oxidation sites excluding steroid dienone is 3. The summed E-state index contributed by atoms with van der Waals surface area (Å²) < 4.78 is 42.4. The molecular formula is C28H18F3NO2. The molecule has 168 valence electrons. The van der Waals surface area contributed by atoms with Crippen LogP contribution in [-0.4, -0.2) is 11.8 Å². The number of hydrogen-bond donors (Lipinski definition) is 0. The van der Waals surface area contributed by atoms with Crippen molar-refractivity contribution in [2.75, 3.05) is 4.90 Å². The third-order valence-electron chi connectivity index (χ3n) is 7.03. The lowest BCUT2D eigenvalue weighted by atomic mass is 9.85. The lowest BCUT2D eigenvalue weighted by Gasteiger charge is -2.22. The number of rotatable bonds is 3. The smallest absolute Gasteiger partial charge is 0.238 e. The molecule has 2 amide bonds. The molecule has 6 heteroatoms. The summed E-state index contributed by atoms with van der Waals surface area (Å²) in [7, 11) is 0. The Morgan fingerprint density at radius 3 is 1.56 bits per heavy atom. The molecule has 0 aromatic heterocycles. The molecule has 3 aromatic rings. The summed E-state index contributed by atoms with van der Waals surface area (Å²) in [4.78, 5) is 27.5. The number of halogens is 3. The highest BCUT2D eigenvalue weighted by molar-refractivity contribution is 6.23. The highest BCUT2D eigenvalue weighted by Gasteiger charge is 2.63. The molecule has 6 rings (SSSR count). The number of nitrogens with zero attached hydrogens (tertiary/aromatic N) is 1. The Bertz CT molecular complexity index is 1300. The molecule has 2 bridgehead atoms. The zero-order valence-electron chi connectivity index (χ0n) is 17.8. The van der Waals surface area contributed by atoms with Gasteiger partial charge in [0.05, 0.1) is 11.8 Å². The van der Waals surface area contributed by atoms with Gasteiger partial charge >= 0.3 is 0 Å². The van der Waals surface area contributed by atoms with Crippen LogP contribution in [0.25, 0.3) is 5.57 Å². The summed E-state index contributed by atoms with van der Waals surface area (Å²) in [5.41, 5.74) is 3.06. The molecule has 2 fully saturated rings. The summed E-state index contributed by atoms with van der Waals surface area (Å²) >= 11 is 0. The average Bonchev–Trinajstić information content (AvgIpc) is 3.46. The van der Waals surface area contributed by atoms with E-state index >= 15 is 0 Å². The third-order valence-corrected chi connectivity index (χ3v) is 7.03. The van der Waals surface area contributed by atoms with Crippen LogP contribution in [0.1, 0.15) is 11.1 Å². The first-order valence-corrected chi connectivity index (χ1v) is 11.0. The molecular weight excluding hydrogens is 439 g/mol. The van der Waals surface area contributed by atoms with Crippen LogP contribution in [0.2, 0.25) is 0 Å². The lowest BCUT2D eigenvalue weighted by Crippen LogP contribution is -2.34. The van der Waals surface area contributed by atoms with Gasteiger partial charge in [0.15, 0.2) is 11.6 Å². The van der Waals surface area contributed by atoms with E-state index in [0.717, 1.165) is 22.3 Å². The minimum Gasteiger partial charge on any atom is -0.274 e. The number of imide groups is 1. The summed E-state index contributed by atoms with van der Waals surface area (Å²) in [5.74, 6) is -7.25. The fourth-order valence-electron chi connectivity index (χ4n) is 5.77. The summed E-state index contributed by atoms with van der Waals surface area (Å²) in [6.45, 7) is 0. The lowest BCUT2D eigenvalue weighted by molar-refractivity contribution is -0.123. The Labute approximate surface area is 193 Å². The molecule has 4 atom stereocenters. The van der Waals surface area contributed by atoms with E-state index in [1.54, 1.807) is 0 Å². The Hall–Kier alpha value is -3.93. The van der Waals surface area contributed by atoms with Crippen LogP contribution in [0.4, 0.5) is 18.9 Å². The van der Waals surface area contributed by atoms with Crippen molar-refractivity contribution in [3.63, 3.8) is 0 Å².